The second-order valence-corrected chi connectivity index (χ2v) is 17.2. The van der Waals surface area contributed by atoms with Crippen molar-refractivity contribution in [3.05, 3.63) is 0 Å². The van der Waals surface area contributed by atoms with Gasteiger partial charge in [0.1, 0.15) is 12.7 Å². The van der Waals surface area contributed by atoms with Crippen molar-refractivity contribution < 1.29 is 28.6 Å². The van der Waals surface area contributed by atoms with Gasteiger partial charge in [0, 0.05) is 25.9 Å². The van der Waals surface area contributed by atoms with Crippen molar-refractivity contribution in [2.24, 2.45) is 0 Å². The van der Waals surface area contributed by atoms with Crippen LogP contribution in [0.4, 0.5) is 0 Å². The highest BCUT2D eigenvalue weighted by molar-refractivity contribution is 5.70. The Kier molecular flexibility index (Phi) is 42.6. The van der Waals surface area contributed by atoms with E-state index in [0.29, 0.717) is 39.0 Å². The summed E-state index contributed by atoms with van der Waals surface area (Å²) in [4.78, 5) is 41.7. The van der Waals surface area contributed by atoms with E-state index in [1.807, 2.05) is 19.0 Å². The molecule has 0 radical (unpaired) electrons. The lowest BCUT2D eigenvalue weighted by Crippen LogP contribution is -2.31. The van der Waals surface area contributed by atoms with Crippen LogP contribution < -0.4 is 0 Å². The Hall–Kier alpha value is -1.67. The van der Waals surface area contributed by atoms with Crippen LogP contribution in [0.25, 0.3) is 0 Å². The molecule has 0 rings (SSSR count). The molecule has 0 amide bonds. The summed E-state index contributed by atoms with van der Waals surface area (Å²) in [5, 5.41) is 0. The van der Waals surface area contributed by atoms with Gasteiger partial charge in [-0.3, -0.25) is 19.3 Å². The number of carbonyl (C=O) groups excluding carboxylic acids is 3. The van der Waals surface area contributed by atoms with E-state index in [1.54, 1.807) is 0 Å². The summed E-state index contributed by atoms with van der Waals surface area (Å²) in [6, 6.07) is 0. The van der Waals surface area contributed by atoms with E-state index in [-0.39, 0.29) is 24.0 Å². The van der Waals surface area contributed by atoms with Crippen molar-refractivity contribution in [1.82, 2.24) is 9.80 Å². The highest BCUT2D eigenvalue weighted by Gasteiger charge is 2.15. The number of unbranched alkanes of at least 4 members (excludes halogenated alkanes) is 24. The van der Waals surface area contributed by atoms with Crippen LogP contribution in [0, 0.1) is 0 Å². The quantitative estimate of drug-likeness (QED) is 0.0342. The average Bonchev–Trinajstić information content (AvgIpc) is 3.19. The number of ether oxygens (including phenoxy) is 3. The first-order valence-corrected chi connectivity index (χ1v) is 24.7. The highest BCUT2D eigenvalue weighted by Crippen LogP contribution is 2.19. The van der Waals surface area contributed by atoms with Gasteiger partial charge in [0.2, 0.25) is 0 Å². The van der Waals surface area contributed by atoms with Crippen LogP contribution >= 0.6 is 0 Å². The van der Waals surface area contributed by atoms with Crippen molar-refractivity contribution in [2.45, 2.75) is 245 Å². The smallest absolute Gasteiger partial charge is 0.307 e. The van der Waals surface area contributed by atoms with Gasteiger partial charge < -0.3 is 19.1 Å². The second kappa shape index (κ2) is 43.9. The number of carbonyl (C=O) groups is 3. The van der Waals surface area contributed by atoms with E-state index in [2.05, 4.69) is 25.7 Å². The highest BCUT2D eigenvalue weighted by atomic mass is 16.5. The molecule has 0 aliphatic heterocycles. The summed E-state index contributed by atoms with van der Waals surface area (Å²) in [6.07, 6.45) is 38.3. The molecular formula is C49H96N2O6. The maximum atomic E-state index is 12.8. The third kappa shape index (κ3) is 42.3. The molecule has 338 valence electrons. The molecular weight excluding hydrogens is 713 g/mol. The van der Waals surface area contributed by atoms with Crippen LogP contribution in [-0.4, -0.2) is 87.3 Å². The largest absolute Gasteiger partial charge is 0.466 e. The lowest BCUT2D eigenvalue weighted by atomic mass is 10.0. The summed E-state index contributed by atoms with van der Waals surface area (Å²) < 4.78 is 17.1. The monoisotopic (exact) mass is 809 g/mol. The zero-order valence-electron chi connectivity index (χ0n) is 38.7. The van der Waals surface area contributed by atoms with Gasteiger partial charge in [-0.1, -0.05) is 162 Å². The van der Waals surface area contributed by atoms with Crippen LogP contribution in [0.5, 0.6) is 0 Å². The van der Waals surface area contributed by atoms with Crippen LogP contribution in [0.3, 0.4) is 0 Å². The number of nitrogens with zero attached hydrogens (tertiary/aromatic N) is 2. The summed E-state index contributed by atoms with van der Waals surface area (Å²) in [6.45, 7) is 11.1. The van der Waals surface area contributed by atoms with Gasteiger partial charge in [0.15, 0.2) is 0 Å². The van der Waals surface area contributed by atoms with Crippen LogP contribution in [0.1, 0.15) is 239 Å². The fourth-order valence-corrected chi connectivity index (χ4v) is 7.41. The number of hydrogen-bond acceptors (Lipinski definition) is 8. The minimum absolute atomic E-state index is 0.00432. The number of hydrogen-bond donors (Lipinski definition) is 0. The fraction of sp³-hybridized carbons (Fsp3) is 0.939. The van der Waals surface area contributed by atoms with Crippen molar-refractivity contribution in [2.75, 3.05) is 53.5 Å². The van der Waals surface area contributed by atoms with E-state index >= 15 is 0 Å². The Morgan fingerprint density at radius 2 is 0.772 bits per heavy atom. The molecule has 8 nitrogen and oxygen atoms in total. The van der Waals surface area contributed by atoms with Gasteiger partial charge in [-0.25, -0.2) is 0 Å². The molecule has 0 aromatic rings. The molecule has 0 heterocycles. The van der Waals surface area contributed by atoms with E-state index < -0.39 is 0 Å². The van der Waals surface area contributed by atoms with Crippen molar-refractivity contribution in [1.29, 1.82) is 0 Å². The molecule has 8 heteroatoms. The SMILES string of the molecule is CCCCCCCCCCCOC(=O)CCCCCN(CCCCCCCC(=O)OC(CCCCCCCC)CCCCCCCC)CCOC(=O)CCN(C)C. The van der Waals surface area contributed by atoms with Crippen molar-refractivity contribution >= 4 is 17.9 Å². The Morgan fingerprint density at radius 1 is 0.386 bits per heavy atom. The molecule has 0 saturated heterocycles. The lowest BCUT2D eigenvalue weighted by molar-refractivity contribution is -0.150. The molecule has 0 N–H and O–H groups in total. The standard InChI is InChI=1S/C49H96N2O6/c1-6-9-12-15-18-19-20-26-34-44-55-47(52)37-31-27-33-41-51(43-45-56-48(53)39-42-50(4)5)40-32-25-21-24-30-38-49(54)57-46(35-28-22-16-13-10-7-2)36-29-23-17-14-11-8-3/h46H,6-45H2,1-5H3. The van der Waals surface area contributed by atoms with Gasteiger partial charge in [-0.05, 0) is 85.0 Å². The van der Waals surface area contributed by atoms with Gasteiger partial charge in [0.05, 0.1) is 13.0 Å². The zero-order valence-corrected chi connectivity index (χ0v) is 38.7. The van der Waals surface area contributed by atoms with Crippen LogP contribution in [0.15, 0.2) is 0 Å². The maximum absolute atomic E-state index is 12.8. The van der Waals surface area contributed by atoms with Gasteiger partial charge in [0.25, 0.3) is 0 Å². The molecule has 0 aliphatic carbocycles. The van der Waals surface area contributed by atoms with E-state index in [0.717, 1.165) is 96.7 Å². The molecule has 0 aromatic heterocycles. The van der Waals surface area contributed by atoms with E-state index in [1.165, 1.54) is 122 Å². The first-order valence-electron chi connectivity index (χ1n) is 24.7. The molecule has 0 atom stereocenters. The van der Waals surface area contributed by atoms with Crippen molar-refractivity contribution in [3.63, 3.8) is 0 Å². The summed E-state index contributed by atoms with van der Waals surface area (Å²) in [5.74, 6) is -0.208. The van der Waals surface area contributed by atoms with Crippen molar-refractivity contribution in [3.8, 4) is 0 Å². The molecule has 0 aliphatic rings. The minimum atomic E-state index is -0.140. The maximum Gasteiger partial charge on any atom is 0.307 e. The molecule has 0 saturated carbocycles. The Morgan fingerprint density at radius 3 is 1.28 bits per heavy atom. The third-order valence-corrected chi connectivity index (χ3v) is 11.2. The molecule has 57 heavy (non-hydrogen) atoms. The molecule has 0 unspecified atom stereocenters. The molecule has 0 bridgehead atoms. The van der Waals surface area contributed by atoms with E-state index in [9.17, 15) is 14.4 Å². The number of rotatable bonds is 45. The fourth-order valence-electron chi connectivity index (χ4n) is 7.41. The second-order valence-electron chi connectivity index (χ2n) is 17.2. The Balaban J connectivity index is 4.42. The van der Waals surface area contributed by atoms with Crippen LogP contribution in [0.2, 0.25) is 0 Å². The average molecular weight is 809 g/mol. The summed E-state index contributed by atoms with van der Waals surface area (Å²) >= 11 is 0. The summed E-state index contributed by atoms with van der Waals surface area (Å²) in [7, 11) is 3.92. The Bertz CT molecular complexity index is 868. The van der Waals surface area contributed by atoms with Gasteiger partial charge in [-0.15, -0.1) is 0 Å². The summed E-state index contributed by atoms with van der Waals surface area (Å²) in [5.41, 5.74) is 0. The minimum Gasteiger partial charge on any atom is -0.466 e. The predicted octanol–water partition coefficient (Wildman–Crippen LogP) is 13.2. The third-order valence-electron chi connectivity index (χ3n) is 11.2. The Labute approximate surface area is 354 Å². The van der Waals surface area contributed by atoms with E-state index in [4.69, 9.17) is 14.2 Å². The first kappa shape index (κ1) is 55.3. The first-order chi connectivity index (χ1) is 27.8. The zero-order chi connectivity index (χ0) is 41.9. The molecule has 0 aromatic carbocycles. The normalized spacial score (nSPS) is 11.6. The molecule has 0 fully saturated rings. The van der Waals surface area contributed by atoms with Crippen LogP contribution in [-0.2, 0) is 28.6 Å². The lowest BCUT2D eigenvalue weighted by Gasteiger charge is -2.22. The van der Waals surface area contributed by atoms with Gasteiger partial charge in [-0.2, -0.15) is 0 Å². The topological polar surface area (TPSA) is 85.4 Å². The predicted molar refractivity (Wildman–Crippen MR) is 241 cm³/mol. The molecule has 0 spiro atoms. The number of esters is 3. The van der Waals surface area contributed by atoms with Gasteiger partial charge >= 0.3 is 17.9 Å².